The molecule has 1 aromatic rings. The zero-order valence-corrected chi connectivity index (χ0v) is 11.8. The standard InChI is InChI=1S/C17H22O2/c1-16(2)13-9-12(11-7-5-4-6-8-11)17(3,15(16)19)10-14(13)18/h4-9,13-15,18-19H,10H2,1-3H3/t13-,14+,15?,17-/m0/s1. The topological polar surface area (TPSA) is 40.5 Å². The second kappa shape index (κ2) is 3.94. The van der Waals surface area contributed by atoms with E-state index in [1.54, 1.807) is 0 Å². The molecule has 0 aliphatic heterocycles. The molecule has 1 unspecified atom stereocenters. The van der Waals surface area contributed by atoms with Crippen LogP contribution in [0.3, 0.4) is 0 Å². The highest BCUT2D eigenvalue weighted by molar-refractivity contribution is 5.73. The lowest BCUT2D eigenvalue weighted by molar-refractivity contribution is -0.136. The van der Waals surface area contributed by atoms with Gasteiger partial charge in [0, 0.05) is 16.7 Å². The van der Waals surface area contributed by atoms with Gasteiger partial charge in [0.15, 0.2) is 0 Å². The smallest absolute Gasteiger partial charge is 0.0692 e. The number of aliphatic hydroxyl groups excluding tert-OH is 2. The van der Waals surface area contributed by atoms with Crippen LogP contribution in [-0.4, -0.2) is 22.4 Å². The predicted molar refractivity (Wildman–Crippen MR) is 76.4 cm³/mol. The van der Waals surface area contributed by atoms with Gasteiger partial charge in [0.1, 0.15) is 0 Å². The molecule has 0 amide bonds. The van der Waals surface area contributed by atoms with Crippen LogP contribution in [0.15, 0.2) is 36.4 Å². The molecule has 1 fully saturated rings. The summed E-state index contributed by atoms with van der Waals surface area (Å²) in [5, 5.41) is 21.1. The number of hydrogen-bond donors (Lipinski definition) is 2. The van der Waals surface area contributed by atoms with Gasteiger partial charge in [-0.3, -0.25) is 0 Å². The van der Waals surface area contributed by atoms with E-state index >= 15 is 0 Å². The molecular weight excluding hydrogens is 236 g/mol. The summed E-state index contributed by atoms with van der Waals surface area (Å²) in [6.45, 7) is 6.19. The highest BCUT2D eigenvalue weighted by Crippen LogP contribution is 2.60. The van der Waals surface area contributed by atoms with Crippen molar-refractivity contribution < 1.29 is 10.2 Å². The number of hydrogen-bond acceptors (Lipinski definition) is 2. The van der Waals surface area contributed by atoms with Gasteiger partial charge in [0.25, 0.3) is 0 Å². The van der Waals surface area contributed by atoms with E-state index in [1.807, 2.05) is 18.2 Å². The molecule has 1 aromatic carbocycles. The van der Waals surface area contributed by atoms with Crippen molar-refractivity contribution in [3.05, 3.63) is 42.0 Å². The molecule has 1 saturated carbocycles. The van der Waals surface area contributed by atoms with Crippen LogP contribution in [0.4, 0.5) is 0 Å². The van der Waals surface area contributed by atoms with Crippen molar-refractivity contribution in [3.63, 3.8) is 0 Å². The molecule has 2 heteroatoms. The fraction of sp³-hybridized carbons (Fsp3) is 0.529. The summed E-state index contributed by atoms with van der Waals surface area (Å²) in [4.78, 5) is 0. The maximum Gasteiger partial charge on any atom is 0.0692 e. The van der Waals surface area contributed by atoms with Crippen LogP contribution < -0.4 is 0 Å². The lowest BCUT2D eigenvalue weighted by Gasteiger charge is -2.58. The zero-order chi connectivity index (χ0) is 13.8. The maximum atomic E-state index is 10.8. The van der Waals surface area contributed by atoms with Gasteiger partial charge in [-0.2, -0.15) is 0 Å². The van der Waals surface area contributed by atoms with Gasteiger partial charge in [0.05, 0.1) is 12.2 Å². The molecule has 3 aliphatic rings. The molecule has 0 spiro atoms. The largest absolute Gasteiger partial charge is 0.392 e. The summed E-state index contributed by atoms with van der Waals surface area (Å²) in [6, 6.07) is 10.2. The minimum absolute atomic E-state index is 0.0273. The summed E-state index contributed by atoms with van der Waals surface area (Å²) in [5.74, 6) is 0.0273. The second-order valence-corrected chi connectivity index (χ2v) is 6.88. The Morgan fingerprint density at radius 3 is 2.32 bits per heavy atom. The first kappa shape index (κ1) is 12.9. The Balaban J connectivity index is 2.16. The van der Waals surface area contributed by atoms with Crippen LogP contribution in [-0.2, 0) is 0 Å². The molecule has 0 heterocycles. The Hall–Kier alpha value is -1.12. The first-order valence-electron chi connectivity index (χ1n) is 7.01. The van der Waals surface area contributed by atoms with E-state index in [1.165, 1.54) is 5.57 Å². The van der Waals surface area contributed by atoms with Crippen molar-refractivity contribution in [2.24, 2.45) is 16.7 Å². The number of rotatable bonds is 1. The minimum Gasteiger partial charge on any atom is -0.392 e. The van der Waals surface area contributed by atoms with Crippen molar-refractivity contribution in [1.29, 1.82) is 0 Å². The van der Waals surface area contributed by atoms with Crippen molar-refractivity contribution in [1.82, 2.24) is 0 Å². The van der Waals surface area contributed by atoms with E-state index in [-0.39, 0.29) is 22.9 Å². The monoisotopic (exact) mass is 258 g/mol. The lowest BCUT2D eigenvalue weighted by Crippen LogP contribution is -2.59. The minimum atomic E-state index is -0.423. The molecule has 0 saturated heterocycles. The number of aliphatic hydroxyl groups is 2. The first-order valence-corrected chi connectivity index (χ1v) is 7.01. The Morgan fingerprint density at radius 2 is 1.68 bits per heavy atom. The fourth-order valence-electron chi connectivity index (χ4n) is 4.17. The molecule has 3 aliphatic carbocycles. The van der Waals surface area contributed by atoms with Gasteiger partial charge < -0.3 is 10.2 Å². The molecular formula is C17H22O2. The fourth-order valence-corrected chi connectivity index (χ4v) is 4.17. The Kier molecular flexibility index (Phi) is 2.67. The van der Waals surface area contributed by atoms with Crippen LogP contribution >= 0.6 is 0 Å². The van der Waals surface area contributed by atoms with Crippen molar-refractivity contribution in [2.75, 3.05) is 0 Å². The van der Waals surface area contributed by atoms with E-state index in [9.17, 15) is 10.2 Å². The van der Waals surface area contributed by atoms with Crippen LogP contribution in [0.5, 0.6) is 0 Å². The maximum absolute atomic E-state index is 10.8. The van der Waals surface area contributed by atoms with E-state index < -0.39 is 6.10 Å². The average molecular weight is 258 g/mol. The summed E-state index contributed by atoms with van der Waals surface area (Å²) in [7, 11) is 0. The first-order chi connectivity index (χ1) is 8.87. The summed E-state index contributed by atoms with van der Waals surface area (Å²) in [6.07, 6.45) is 2.06. The second-order valence-electron chi connectivity index (χ2n) is 6.88. The van der Waals surface area contributed by atoms with Crippen molar-refractivity contribution in [2.45, 2.75) is 39.4 Å². The normalized spacial score (nSPS) is 40.1. The van der Waals surface area contributed by atoms with Gasteiger partial charge >= 0.3 is 0 Å². The Labute approximate surface area is 114 Å². The summed E-state index contributed by atoms with van der Waals surface area (Å²) < 4.78 is 0. The Morgan fingerprint density at radius 1 is 1.05 bits per heavy atom. The van der Waals surface area contributed by atoms with Crippen molar-refractivity contribution >= 4 is 5.57 Å². The van der Waals surface area contributed by atoms with Gasteiger partial charge in [-0.25, -0.2) is 0 Å². The van der Waals surface area contributed by atoms with Gasteiger partial charge in [0.2, 0.25) is 0 Å². The van der Waals surface area contributed by atoms with Crippen molar-refractivity contribution in [3.8, 4) is 0 Å². The van der Waals surface area contributed by atoms with Gasteiger partial charge in [-0.05, 0) is 17.6 Å². The SMILES string of the molecule is CC1(C)C(O)[C@@]2(C)C[C@@H](O)[C@@H]1C=C2c1ccccc1. The van der Waals surface area contributed by atoms with Crippen LogP contribution in [0.25, 0.3) is 5.57 Å². The molecule has 2 bridgehead atoms. The Bertz CT molecular complexity index is 517. The number of fused-ring (bicyclic) bond motifs is 2. The van der Waals surface area contributed by atoms with Gasteiger partial charge in [-0.15, -0.1) is 0 Å². The summed E-state index contributed by atoms with van der Waals surface area (Å²) in [5.41, 5.74) is 1.72. The molecule has 2 nitrogen and oxygen atoms in total. The molecule has 4 atom stereocenters. The van der Waals surface area contributed by atoms with Gasteiger partial charge in [-0.1, -0.05) is 57.2 Å². The highest BCUT2D eigenvalue weighted by Gasteiger charge is 2.58. The van der Waals surface area contributed by atoms with E-state index in [0.717, 1.165) is 5.56 Å². The quantitative estimate of drug-likeness (QED) is 0.813. The lowest BCUT2D eigenvalue weighted by atomic mass is 9.48. The average Bonchev–Trinajstić information content (AvgIpc) is 2.37. The third-order valence-electron chi connectivity index (χ3n) is 5.26. The number of benzene rings is 1. The third kappa shape index (κ3) is 1.63. The van der Waals surface area contributed by atoms with E-state index in [0.29, 0.717) is 6.42 Å². The molecule has 102 valence electrons. The third-order valence-corrected chi connectivity index (χ3v) is 5.26. The molecule has 0 aromatic heterocycles. The molecule has 19 heavy (non-hydrogen) atoms. The summed E-state index contributed by atoms with van der Waals surface area (Å²) >= 11 is 0. The molecule has 2 N–H and O–H groups in total. The molecule has 4 rings (SSSR count). The van der Waals surface area contributed by atoms with Crippen LogP contribution in [0.1, 0.15) is 32.8 Å². The van der Waals surface area contributed by atoms with Crippen LogP contribution in [0.2, 0.25) is 0 Å². The highest BCUT2D eigenvalue weighted by atomic mass is 16.3. The van der Waals surface area contributed by atoms with E-state index in [2.05, 4.69) is 39.0 Å². The van der Waals surface area contributed by atoms with Crippen LogP contribution in [0, 0.1) is 16.7 Å². The predicted octanol–water partition coefficient (Wildman–Crippen LogP) is 2.86. The van der Waals surface area contributed by atoms with E-state index in [4.69, 9.17) is 0 Å². The zero-order valence-electron chi connectivity index (χ0n) is 11.8. The molecule has 0 radical (unpaired) electrons.